The first-order chi connectivity index (χ1) is 8.74. The predicted molar refractivity (Wildman–Crippen MR) is 79.5 cm³/mol. The lowest BCUT2D eigenvalue weighted by Crippen LogP contribution is -2.48. The molecule has 0 spiro atoms. The second-order valence-electron chi connectivity index (χ2n) is 4.74. The van der Waals surface area contributed by atoms with Crippen LogP contribution < -0.4 is 14.8 Å². The Bertz CT molecular complexity index is 401. The molecule has 4 nitrogen and oxygen atoms in total. The molecule has 1 saturated heterocycles. The standard InChI is InChI=1S/C14H22N2O2.ClH/c1-11-9-16(8-7-15-11)10-12-5-4-6-13(17-2)14(12)18-3;/h4-6,11,15H,7-10H2,1-3H3;1H. The molecule has 19 heavy (non-hydrogen) atoms. The maximum atomic E-state index is 5.47. The zero-order valence-corrected chi connectivity index (χ0v) is 12.6. The van der Waals surface area contributed by atoms with Crippen molar-refractivity contribution in [3.63, 3.8) is 0 Å². The molecule has 0 aromatic heterocycles. The van der Waals surface area contributed by atoms with Gasteiger partial charge in [-0.3, -0.25) is 4.90 Å². The van der Waals surface area contributed by atoms with Crippen LogP contribution in [0.2, 0.25) is 0 Å². The fourth-order valence-electron chi connectivity index (χ4n) is 2.47. The van der Waals surface area contributed by atoms with E-state index < -0.39 is 0 Å². The first-order valence-corrected chi connectivity index (χ1v) is 6.40. The Kier molecular flexibility index (Phi) is 6.42. The highest BCUT2D eigenvalue weighted by atomic mass is 35.5. The number of para-hydroxylation sites is 1. The number of piperazine rings is 1. The van der Waals surface area contributed by atoms with Gasteiger partial charge in [-0.1, -0.05) is 12.1 Å². The summed E-state index contributed by atoms with van der Waals surface area (Å²) in [5, 5.41) is 3.45. The third-order valence-corrected chi connectivity index (χ3v) is 3.33. The third kappa shape index (κ3) is 4.00. The number of rotatable bonds is 4. The zero-order chi connectivity index (χ0) is 13.0. The molecular weight excluding hydrogens is 264 g/mol. The topological polar surface area (TPSA) is 33.7 Å². The molecule has 1 N–H and O–H groups in total. The largest absolute Gasteiger partial charge is 0.493 e. The van der Waals surface area contributed by atoms with Gasteiger partial charge in [0.05, 0.1) is 14.2 Å². The van der Waals surface area contributed by atoms with Gasteiger partial charge in [-0.25, -0.2) is 0 Å². The van der Waals surface area contributed by atoms with Crippen molar-refractivity contribution in [1.82, 2.24) is 10.2 Å². The highest BCUT2D eigenvalue weighted by Crippen LogP contribution is 2.31. The van der Waals surface area contributed by atoms with Crippen molar-refractivity contribution in [2.75, 3.05) is 33.9 Å². The Morgan fingerprint density at radius 1 is 1.32 bits per heavy atom. The van der Waals surface area contributed by atoms with Crippen LogP contribution in [-0.4, -0.2) is 44.8 Å². The van der Waals surface area contributed by atoms with Gasteiger partial charge in [-0.05, 0) is 13.0 Å². The summed E-state index contributed by atoms with van der Waals surface area (Å²) < 4.78 is 10.8. The van der Waals surface area contributed by atoms with Crippen molar-refractivity contribution in [1.29, 1.82) is 0 Å². The molecule has 1 aromatic carbocycles. The van der Waals surface area contributed by atoms with Gasteiger partial charge in [0.25, 0.3) is 0 Å². The van der Waals surface area contributed by atoms with Gasteiger partial charge >= 0.3 is 0 Å². The van der Waals surface area contributed by atoms with Crippen LogP contribution in [0.15, 0.2) is 18.2 Å². The highest BCUT2D eigenvalue weighted by molar-refractivity contribution is 5.85. The maximum absolute atomic E-state index is 5.47. The van der Waals surface area contributed by atoms with Gasteiger partial charge < -0.3 is 14.8 Å². The summed E-state index contributed by atoms with van der Waals surface area (Å²) >= 11 is 0. The number of ether oxygens (including phenoxy) is 2. The van der Waals surface area contributed by atoms with E-state index in [1.165, 1.54) is 5.56 Å². The van der Waals surface area contributed by atoms with Gasteiger partial charge in [-0.2, -0.15) is 0 Å². The summed E-state index contributed by atoms with van der Waals surface area (Å²) in [6.07, 6.45) is 0. The Labute approximate surface area is 121 Å². The average Bonchev–Trinajstić information content (AvgIpc) is 2.38. The Hall–Kier alpha value is -0.970. The minimum atomic E-state index is 0. The molecular formula is C14H23ClN2O2. The summed E-state index contributed by atoms with van der Waals surface area (Å²) in [5.41, 5.74) is 1.19. The van der Waals surface area contributed by atoms with Crippen LogP contribution in [0.3, 0.4) is 0 Å². The normalized spacial score (nSPS) is 19.6. The molecule has 0 bridgehead atoms. The molecule has 1 aliphatic rings. The van der Waals surface area contributed by atoms with Crippen molar-refractivity contribution in [2.45, 2.75) is 19.5 Å². The number of benzene rings is 1. The van der Waals surface area contributed by atoms with Crippen molar-refractivity contribution < 1.29 is 9.47 Å². The van der Waals surface area contributed by atoms with Crippen LogP contribution in [0, 0.1) is 0 Å². The van der Waals surface area contributed by atoms with Crippen LogP contribution in [0.1, 0.15) is 12.5 Å². The zero-order valence-electron chi connectivity index (χ0n) is 11.8. The third-order valence-electron chi connectivity index (χ3n) is 3.33. The molecule has 1 unspecified atom stereocenters. The van der Waals surface area contributed by atoms with E-state index in [2.05, 4.69) is 23.2 Å². The molecule has 0 radical (unpaired) electrons. The summed E-state index contributed by atoms with van der Waals surface area (Å²) in [7, 11) is 3.37. The Balaban J connectivity index is 0.00000180. The van der Waals surface area contributed by atoms with E-state index in [0.29, 0.717) is 6.04 Å². The number of nitrogens with one attached hydrogen (secondary N) is 1. The van der Waals surface area contributed by atoms with E-state index in [4.69, 9.17) is 9.47 Å². The van der Waals surface area contributed by atoms with Crippen molar-refractivity contribution in [3.05, 3.63) is 23.8 Å². The quantitative estimate of drug-likeness (QED) is 0.917. The van der Waals surface area contributed by atoms with E-state index in [9.17, 15) is 0 Å². The number of halogens is 1. The van der Waals surface area contributed by atoms with Gasteiger partial charge in [-0.15, -0.1) is 12.4 Å². The van der Waals surface area contributed by atoms with Gasteiger partial charge in [0.15, 0.2) is 11.5 Å². The molecule has 0 saturated carbocycles. The van der Waals surface area contributed by atoms with Crippen LogP contribution in [0.5, 0.6) is 11.5 Å². The summed E-state index contributed by atoms with van der Waals surface area (Å²) in [5.74, 6) is 1.66. The number of methoxy groups -OCH3 is 2. The summed E-state index contributed by atoms with van der Waals surface area (Å²) in [4.78, 5) is 2.44. The van der Waals surface area contributed by atoms with Crippen LogP contribution in [-0.2, 0) is 6.54 Å². The van der Waals surface area contributed by atoms with Gasteiger partial charge in [0.1, 0.15) is 0 Å². The lowest BCUT2D eigenvalue weighted by atomic mass is 10.1. The molecule has 1 aromatic rings. The minimum Gasteiger partial charge on any atom is -0.493 e. The first-order valence-electron chi connectivity index (χ1n) is 6.40. The molecule has 1 aliphatic heterocycles. The van der Waals surface area contributed by atoms with Gasteiger partial charge in [0, 0.05) is 37.8 Å². The maximum Gasteiger partial charge on any atom is 0.165 e. The number of nitrogens with zero attached hydrogens (tertiary/aromatic N) is 1. The first kappa shape index (κ1) is 16.1. The smallest absolute Gasteiger partial charge is 0.165 e. The van der Waals surface area contributed by atoms with E-state index in [-0.39, 0.29) is 12.4 Å². The van der Waals surface area contributed by atoms with Crippen molar-refractivity contribution in [3.8, 4) is 11.5 Å². The number of hydrogen-bond acceptors (Lipinski definition) is 4. The second kappa shape index (κ2) is 7.58. The van der Waals surface area contributed by atoms with Crippen LogP contribution in [0.4, 0.5) is 0 Å². The van der Waals surface area contributed by atoms with E-state index in [0.717, 1.165) is 37.7 Å². The molecule has 1 heterocycles. The fourth-order valence-corrected chi connectivity index (χ4v) is 2.47. The second-order valence-corrected chi connectivity index (χ2v) is 4.74. The van der Waals surface area contributed by atoms with E-state index >= 15 is 0 Å². The fraction of sp³-hybridized carbons (Fsp3) is 0.571. The SMILES string of the molecule is COc1cccc(CN2CCNC(C)C2)c1OC.Cl. The summed E-state index contributed by atoms with van der Waals surface area (Å²) in [6.45, 7) is 6.32. The van der Waals surface area contributed by atoms with Crippen molar-refractivity contribution in [2.24, 2.45) is 0 Å². The van der Waals surface area contributed by atoms with E-state index in [1.54, 1.807) is 14.2 Å². The molecule has 0 amide bonds. The Morgan fingerprint density at radius 3 is 2.74 bits per heavy atom. The predicted octanol–water partition coefficient (Wildman–Crippen LogP) is 1.92. The van der Waals surface area contributed by atoms with Gasteiger partial charge in [0.2, 0.25) is 0 Å². The summed E-state index contributed by atoms with van der Waals surface area (Å²) in [6, 6.07) is 6.61. The molecule has 0 aliphatic carbocycles. The molecule has 1 fully saturated rings. The molecule has 108 valence electrons. The average molecular weight is 287 g/mol. The van der Waals surface area contributed by atoms with Crippen LogP contribution >= 0.6 is 12.4 Å². The lowest BCUT2D eigenvalue weighted by Gasteiger charge is -2.32. The lowest BCUT2D eigenvalue weighted by molar-refractivity contribution is 0.197. The molecule has 2 rings (SSSR count). The van der Waals surface area contributed by atoms with Crippen LogP contribution in [0.25, 0.3) is 0 Å². The molecule has 1 atom stereocenters. The highest BCUT2D eigenvalue weighted by Gasteiger charge is 2.18. The van der Waals surface area contributed by atoms with Crippen molar-refractivity contribution >= 4 is 12.4 Å². The molecule has 5 heteroatoms. The minimum absolute atomic E-state index is 0. The Morgan fingerprint density at radius 2 is 2.11 bits per heavy atom. The number of hydrogen-bond donors (Lipinski definition) is 1. The monoisotopic (exact) mass is 286 g/mol. The van der Waals surface area contributed by atoms with E-state index in [1.807, 2.05) is 12.1 Å².